The van der Waals surface area contributed by atoms with Crippen molar-refractivity contribution in [3.05, 3.63) is 35.4 Å². The highest BCUT2D eigenvalue weighted by Crippen LogP contribution is 2.12. The third kappa shape index (κ3) is 2.65. The Balaban J connectivity index is 2.14. The summed E-state index contributed by atoms with van der Waals surface area (Å²) in [7, 11) is 0. The zero-order valence-corrected chi connectivity index (χ0v) is 10.3. The van der Waals surface area contributed by atoms with Gasteiger partial charge in [-0.15, -0.1) is 5.10 Å². The summed E-state index contributed by atoms with van der Waals surface area (Å²) in [6.45, 7) is 1.89. The third-order valence-electron chi connectivity index (χ3n) is 2.27. The SMILES string of the molecule is CSc1n[nH]c(NC(=O)c2ccccc2C)n1. The van der Waals surface area contributed by atoms with E-state index in [0.717, 1.165) is 5.56 Å². The summed E-state index contributed by atoms with van der Waals surface area (Å²) in [5.74, 6) is 0.175. The quantitative estimate of drug-likeness (QED) is 0.816. The standard InChI is InChI=1S/C11H12N4OS/c1-7-5-3-4-6-8(7)9(16)12-10-13-11(17-2)15-14-10/h3-6H,1-2H3,(H2,12,13,14,15,16). The third-order valence-corrected chi connectivity index (χ3v) is 2.82. The predicted molar refractivity (Wildman–Crippen MR) is 67.3 cm³/mol. The van der Waals surface area contributed by atoms with Gasteiger partial charge in [0.1, 0.15) is 0 Å². The molecule has 2 aromatic rings. The molecule has 0 aliphatic carbocycles. The number of hydrogen-bond acceptors (Lipinski definition) is 4. The maximum atomic E-state index is 11.9. The fourth-order valence-corrected chi connectivity index (χ4v) is 1.72. The second-order valence-electron chi connectivity index (χ2n) is 3.44. The Kier molecular flexibility index (Phi) is 3.43. The molecule has 2 N–H and O–H groups in total. The Morgan fingerprint density at radius 2 is 2.18 bits per heavy atom. The van der Waals surface area contributed by atoms with E-state index in [1.807, 2.05) is 31.4 Å². The van der Waals surface area contributed by atoms with Gasteiger partial charge in [-0.1, -0.05) is 30.0 Å². The van der Waals surface area contributed by atoms with Crippen LogP contribution in [0.25, 0.3) is 0 Å². The Labute approximate surface area is 103 Å². The Hall–Kier alpha value is -1.82. The molecular weight excluding hydrogens is 236 g/mol. The molecule has 0 saturated heterocycles. The van der Waals surface area contributed by atoms with Gasteiger partial charge in [0.25, 0.3) is 5.91 Å². The van der Waals surface area contributed by atoms with Crippen LogP contribution in [0, 0.1) is 6.92 Å². The number of nitrogens with zero attached hydrogens (tertiary/aromatic N) is 2. The highest BCUT2D eigenvalue weighted by molar-refractivity contribution is 7.98. The summed E-state index contributed by atoms with van der Waals surface area (Å²) in [5.41, 5.74) is 1.56. The second kappa shape index (κ2) is 5.01. The molecule has 1 amide bonds. The number of amides is 1. The molecule has 2 rings (SSSR count). The first-order valence-electron chi connectivity index (χ1n) is 5.04. The molecule has 0 aliphatic heterocycles. The number of rotatable bonds is 3. The molecule has 0 aliphatic rings. The first kappa shape index (κ1) is 11.7. The maximum Gasteiger partial charge on any atom is 0.258 e. The highest BCUT2D eigenvalue weighted by Gasteiger charge is 2.10. The van der Waals surface area contributed by atoms with E-state index in [1.165, 1.54) is 11.8 Å². The van der Waals surface area contributed by atoms with E-state index >= 15 is 0 Å². The number of anilines is 1. The van der Waals surface area contributed by atoms with Crippen LogP contribution in [0.15, 0.2) is 29.4 Å². The maximum absolute atomic E-state index is 11.9. The molecule has 0 saturated carbocycles. The minimum absolute atomic E-state index is 0.188. The lowest BCUT2D eigenvalue weighted by atomic mass is 10.1. The van der Waals surface area contributed by atoms with Crippen molar-refractivity contribution in [1.82, 2.24) is 15.2 Å². The molecule has 6 heteroatoms. The summed E-state index contributed by atoms with van der Waals surface area (Å²) < 4.78 is 0. The molecule has 1 aromatic heterocycles. The van der Waals surface area contributed by atoms with Gasteiger partial charge in [-0.3, -0.25) is 10.1 Å². The van der Waals surface area contributed by atoms with Gasteiger partial charge in [-0.2, -0.15) is 4.98 Å². The van der Waals surface area contributed by atoms with E-state index in [4.69, 9.17) is 0 Å². The largest absolute Gasteiger partial charge is 0.291 e. The van der Waals surface area contributed by atoms with Crippen molar-refractivity contribution in [1.29, 1.82) is 0 Å². The van der Waals surface area contributed by atoms with E-state index in [1.54, 1.807) is 6.07 Å². The number of aryl methyl sites for hydroxylation is 1. The van der Waals surface area contributed by atoms with Gasteiger partial charge in [0.2, 0.25) is 11.1 Å². The zero-order valence-electron chi connectivity index (χ0n) is 9.52. The van der Waals surface area contributed by atoms with Crippen molar-refractivity contribution in [2.24, 2.45) is 0 Å². The number of carbonyl (C=O) groups is 1. The van der Waals surface area contributed by atoms with Gasteiger partial charge < -0.3 is 0 Å². The van der Waals surface area contributed by atoms with E-state index in [2.05, 4.69) is 20.5 Å². The van der Waals surface area contributed by atoms with Crippen molar-refractivity contribution in [3.8, 4) is 0 Å². The molecule has 0 fully saturated rings. The lowest BCUT2D eigenvalue weighted by Crippen LogP contribution is -2.14. The van der Waals surface area contributed by atoms with Crippen LogP contribution in [0.4, 0.5) is 5.95 Å². The first-order chi connectivity index (χ1) is 8.20. The monoisotopic (exact) mass is 248 g/mol. The molecule has 0 bridgehead atoms. The molecule has 1 heterocycles. The van der Waals surface area contributed by atoms with E-state index in [-0.39, 0.29) is 5.91 Å². The van der Waals surface area contributed by atoms with Crippen LogP contribution in [0.3, 0.4) is 0 Å². The Morgan fingerprint density at radius 1 is 1.41 bits per heavy atom. The number of carbonyl (C=O) groups excluding carboxylic acids is 1. The van der Waals surface area contributed by atoms with Crippen molar-refractivity contribution in [2.75, 3.05) is 11.6 Å². The van der Waals surface area contributed by atoms with Crippen LogP contribution in [0.2, 0.25) is 0 Å². The van der Waals surface area contributed by atoms with Crippen LogP contribution >= 0.6 is 11.8 Å². The topological polar surface area (TPSA) is 70.7 Å². The first-order valence-corrected chi connectivity index (χ1v) is 6.26. The van der Waals surface area contributed by atoms with Gasteiger partial charge in [-0.25, -0.2) is 5.10 Å². The van der Waals surface area contributed by atoms with Crippen molar-refractivity contribution in [2.45, 2.75) is 12.1 Å². The number of H-pyrrole nitrogens is 1. The predicted octanol–water partition coefficient (Wildman–Crippen LogP) is 2.09. The van der Waals surface area contributed by atoms with Crippen molar-refractivity contribution in [3.63, 3.8) is 0 Å². The summed E-state index contributed by atoms with van der Waals surface area (Å²) in [6.07, 6.45) is 1.87. The minimum atomic E-state index is -0.188. The fraction of sp³-hybridized carbons (Fsp3) is 0.182. The van der Waals surface area contributed by atoms with Gasteiger partial charge in [0.15, 0.2) is 0 Å². The molecular formula is C11H12N4OS. The van der Waals surface area contributed by atoms with Gasteiger partial charge in [0, 0.05) is 5.56 Å². The van der Waals surface area contributed by atoms with Gasteiger partial charge >= 0.3 is 0 Å². The molecule has 0 atom stereocenters. The minimum Gasteiger partial charge on any atom is -0.291 e. The summed E-state index contributed by atoms with van der Waals surface area (Å²) >= 11 is 1.41. The smallest absolute Gasteiger partial charge is 0.258 e. The zero-order chi connectivity index (χ0) is 12.3. The molecule has 0 spiro atoms. The van der Waals surface area contributed by atoms with E-state index in [0.29, 0.717) is 16.7 Å². The summed E-state index contributed by atoms with van der Waals surface area (Å²) in [6, 6.07) is 7.39. The van der Waals surface area contributed by atoms with E-state index < -0.39 is 0 Å². The number of nitrogens with one attached hydrogen (secondary N) is 2. The average Bonchev–Trinajstić information content (AvgIpc) is 2.77. The average molecular weight is 248 g/mol. The molecule has 5 nitrogen and oxygen atoms in total. The Morgan fingerprint density at radius 3 is 2.82 bits per heavy atom. The molecule has 1 aromatic carbocycles. The number of benzene rings is 1. The molecule has 0 unspecified atom stereocenters. The Bertz CT molecular complexity index is 538. The van der Waals surface area contributed by atoms with Crippen molar-refractivity contribution >= 4 is 23.6 Å². The van der Waals surface area contributed by atoms with Crippen LogP contribution < -0.4 is 5.32 Å². The van der Waals surface area contributed by atoms with Crippen LogP contribution in [-0.4, -0.2) is 27.3 Å². The highest BCUT2D eigenvalue weighted by atomic mass is 32.2. The fourth-order valence-electron chi connectivity index (χ4n) is 1.40. The summed E-state index contributed by atoms with van der Waals surface area (Å²) in [5, 5.41) is 9.85. The number of aromatic nitrogens is 3. The lowest BCUT2D eigenvalue weighted by Gasteiger charge is -2.04. The number of aromatic amines is 1. The number of hydrogen-bond donors (Lipinski definition) is 2. The van der Waals surface area contributed by atoms with Gasteiger partial charge in [0.05, 0.1) is 0 Å². The van der Waals surface area contributed by atoms with Crippen LogP contribution in [0.1, 0.15) is 15.9 Å². The molecule has 17 heavy (non-hydrogen) atoms. The van der Waals surface area contributed by atoms with Gasteiger partial charge in [-0.05, 0) is 24.8 Å². The number of thioether (sulfide) groups is 1. The summed E-state index contributed by atoms with van der Waals surface area (Å²) in [4.78, 5) is 16.0. The van der Waals surface area contributed by atoms with Crippen LogP contribution in [-0.2, 0) is 0 Å². The molecule has 88 valence electrons. The lowest BCUT2D eigenvalue weighted by molar-refractivity contribution is 0.102. The molecule has 0 radical (unpaired) electrons. The van der Waals surface area contributed by atoms with Crippen LogP contribution in [0.5, 0.6) is 0 Å². The van der Waals surface area contributed by atoms with Crippen molar-refractivity contribution < 1.29 is 4.79 Å². The van der Waals surface area contributed by atoms with E-state index in [9.17, 15) is 4.79 Å². The second-order valence-corrected chi connectivity index (χ2v) is 4.21. The normalized spacial score (nSPS) is 10.2.